The molecule has 1 aliphatic rings. The number of H-pyrrole nitrogens is 1. The molecule has 194 valence electrons. The zero-order valence-electron chi connectivity index (χ0n) is 22.1. The Labute approximate surface area is 218 Å². The van der Waals surface area contributed by atoms with Crippen molar-refractivity contribution in [3.63, 3.8) is 0 Å². The summed E-state index contributed by atoms with van der Waals surface area (Å²) in [6, 6.07) is 12.3. The average molecular weight is 500 g/mol. The first kappa shape index (κ1) is 25.1. The van der Waals surface area contributed by atoms with Gasteiger partial charge in [0.2, 0.25) is 0 Å². The van der Waals surface area contributed by atoms with Crippen LogP contribution >= 0.6 is 0 Å². The Balaban J connectivity index is 1.45. The number of aryl methyl sites for hydroxylation is 1. The number of tetrazole rings is 1. The minimum atomic E-state index is 0.121. The summed E-state index contributed by atoms with van der Waals surface area (Å²) in [5.41, 5.74) is 4.96. The number of nitrogens with zero attached hydrogens (tertiary/aromatic N) is 6. The number of hydrogen-bond acceptors (Lipinski definition) is 5. The third kappa shape index (κ3) is 5.15. The van der Waals surface area contributed by atoms with Crippen molar-refractivity contribution < 1.29 is 0 Å². The number of benzene rings is 1. The molecule has 1 aromatic carbocycles. The summed E-state index contributed by atoms with van der Waals surface area (Å²) >= 11 is 0. The molecule has 3 atom stereocenters. The van der Waals surface area contributed by atoms with Crippen LogP contribution in [0.5, 0.6) is 0 Å². The Morgan fingerprint density at radius 2 is 1.92 bits per heavy atom. The summed E-state index contributed by atoms with van der Waals surface area (Å²) in [5, 5.41) is 14.3. The third-order valence-corrected chi connectivity index (χ3v) is 7.99. The molecule has 8 nitrogen and oxygen atoms in total. The molecule has 1 saturated carbocycles. The fourth-order valence-corrected chi connectivity index (χ4v) is 5.99. The van der Waals surface area contributed by atoms with Crippen LogP contribution < -0.4 is 5.69 Å². The molecule has 3 unspecified atom stereocenters. The molecule has 8 heteroatoms. The van der Waals surface area contributed by atoms with Gasteiger partial charge in [-0.05, 0) is 59.6 Å². The van der Waals surface area contributed by atoms with Gasteiger partial charge < -0.3 is 0 Å². The maximum absolute atomic E-state index is 13.8. The minimum Gasteiger partial charge on any atom is -0.295 e. The first-order valence-corrected chi connectivity index (χ1v) is 13.7. The van der Waals surface area contributed by atoms with Crippen LogP contribution in [-0.4, -0.2) is 34.7 Å². The average Bonchev–Trinajstić information content (AvgIpc) is 3.57. The van der Waals surface area contributed by atoms with Crippen molar-refractivity contribution >= 4 is 0 Å². The molecule has 5 rings (SSSR count). The molecule has 3 aromatic heterocycles. The van der Waals surface area contributed by atoms with Gasteiger partial charge in [-0.25, -0.2) is 9.89 Å². The summed E-state index contributed by atoms with van der Waals surface area (Å²) in [5.74, 6) is 1.70. The molecular weight excluding hydrogens is 462 g/mol. The van der Waals surface area contributed by atoms with Gasteiger partial charge in [-0.15, -0.1) is 5.10 Å². The van der Waals surface area contributed by atoms with E-state index < -0.39 is 0 Å². The minimum absolute atomic E-state index is 0.121. The molecule has 0 aliphatic heterocycles. The maximum atomic E-state index is 13.8. The van der Waals surface area contributed by atoms with E-state index in [-0.39, 0.29) is 11.7 Å². The van der Waals surface area contributed by atoms with E-state index in [1.165, 1.54) is 19.3 Å². The topological polar surface area (TPSA) is 94.3 Å². The first-order valence-electron chi connectivity index (χ1n) is 13.7. The van der Waals surface area contributed by atoms with E-state index in [0.717, 1.165) is 53.8 Å². The lowest BCUT2D eigenvalue weighted by atomic mass is 9.76. The van der Waals surface area contributed by atoms with E-state index in [4.69, 9.17) is 4.98 Å². The zero-order valence-corrected chi connectivity index (χ0v) is 22.1. The second-order valence-electron chi connectivity index (χ2n) is 10.4. The van der Waals surface area contributed by atoms with E-state index in [9.17, 15) is 4.79 Å². The molecule has 0 bridgehead atoms. The van der Waals surface area contributed by atoms with Crippen LogP contribution in [0.25, 0.3) is 22.6 Å². The van der Waals surface area contributed by atoms with E-state index in [1.807, 2.05) is 41.1 Å². The van der Waals surface area contributed by atoms with Crippen molar-refractivity contribution in [2.45, 2.75) is 78.3 Å². The van der Waals surface area contributed by atoms with Gasteiger partial charge in [0.15, 0.2) is 5.82 Å². The van der Waals surface area contributed by atoms with Gasteiger partial charge in [-0.1, -0.05) is 70.4 Å². The van der Waals surface area contributed by atoms with Crippen LogP contribution in [0.1, 0.15) is 76.6 Å². The number of rotatable bonds is 9. The Bertz CT molecular complexity index is 1350. The smallest absolute Gasteiger partial charge is 0.295 e. The Hall–Kier alpha value is -3.55. The molecule has 1 aliphatic carbocycles. The monoisotopic (exact) mass is 499 g/mol. The fourth-order valence-electron chi connectivity index (χ4n) is 5.99. The van der Waals surface area contributed by atoms with Crippen LogP contribution in [0, 0.1) is 11.8 Å². The number of imidazole rings is 1. The summed E-state index contributed by atoms with van der Waals surface area (Å²) in [7, 11) is 0. The van der Waals surface area contributed by atoms with Gasteiger partial charge in [0, 0.05) is 35.3 Å². The molecule has 1 fully saturated rings. The lowest BCUT2D eigenvalue weighted by Crippen LogP contribution is -2.36. The second kappa shape index (κ2) is 11.2. The predicted octanol–water partition coefficient (Wildman–Crippen LogP) is 5.67. The van der Waals surface area contributed by atoms with Crippen molar-refractivity contribution in [3.8, 4) is 22.6 Å². The van der Waals surface area contributed by atoms with Gasteiger partial charge >= 0.3 is 5.69 Å². The van der Waals surface area contributed by atoms with Gasteiger partial charge in [-0.2, -0.15) is 0 Å². The Morgan fingerprint density at radius 1 is 1.08 bits per heavy atom. The normalized spacial score (nSPS) is 19.8. The van der Waals surface area contributed by atoms with Gasteiger partial charge in [0.25, 0.3) is 0 Å². The molecule has 0 radical (unpaired) electrons. The SMILES string of the molecule is CCCCc1cn(C2C(C)CCCC2CC)c(=O)n1Cc1ccc(-c2ccccc2-c2nnn[nH]2)nc1. The molecule has 1 N–H and O–H groups in total. The van der Waals surface area contributed by atoms with Crippen LogP contribution in [-0.2, 0) is 13.0 Å². The quantitative estimate of drug-likeness (QED) is 0.320. The lowest BCUT2D eigenvalue weighted by molar-refractivity contribution is 0.161. The maximum Gasteiger partial charge on any atom is 0.328 e. The molecule has 4 aromatic rings. The Morgan fingerprint density at radius 3 is 2.62 bits per heavy atom. The number of unbranched alkanes of at least 4 members (excludes halogenated alkanes) is 1. The van der Waals surface area contributed by atoms with E-state index in [0.29, 0.717) is 24.2 Å². The summed E-state index contributed by atoms with van der Waals surface area (Å²) in [6.07, 6.45) is 11.9. The number of hydrogen-bond donors (Lipinski definition) is 1. The van der Waals surface area contributed by atoms with Gasteiger partial charge in [-0.3, -0.25) is 14.1 Å². The van der Waals surface area contributed by atoms with Crippen molar-refractivity contribution in [3.05, 3.63) is 70.5 Å². The number of aromatic amines is 1. The first-order chi connectivity index (χ1) is 18.1. The molecule has 3 heterocycles. The lowest BCUT2D eigenvalue weighted by Gasteiger charge is -2.36. The van der Waals surface area contributed by atoms with E-state index in [2.05, 4.69) is 58.2 Å². The number of aromatic nitrogens is 7. The van der Waals surface area contributed by atoms with Gasteiger partial charge in [0.1, 0.15) is 0 Å². The Kier molecular flexibility index (Phi) is 7.63. The van der Waals surface area contributed by atoms with Crippen LogP contribution in [0.2, 0.25) is 0 Å². The zero-order chi connectivity index (χ0) is 25.8. The van der Waals surface area contributed by atoms with E-state index >= 15 is 0 Å². The van der Waals surface area contributed by atoms with E-state index in [1.54, 1.807) is 0 Å². The van der Waals surface area contributed by atoms with Crippen molar-refractivity contribution in [1.82, 2.24) is 34.7 Å². The summed E-state index contributed by atoms with van der Waals surface area (Å²) in [4.78, 5) is 18.6. The van der Waals surface area contributed by atoms with Crippen LogP contribution in [0.4, 0.5) is 0 Å². The molecule has 0 saturated heterocycles. The van der Waals surface area contributed by atoms with Crippen molar-refractivity contribution in [2.24, 2.45) is 11.8 Å². The van der Waals surface area contributed by atoms with Crippen molar-refractivity contribution in [1.29, 1.82) is 0 Å². The molecule has 0 amide bonds. The summed E-state index contributed by atoms with van der Waals surface area (Å²) in [6.45, 7) is 7.31. The highest BCUT2D eigenvalue weighted by molar-refractivity contribution is 5.78. The van der Waals surface area contributed by atoms with Crippen LogP contribution in [0.15, 0.2) is 53.6 Å². The summed E-state index contributed by atoms with van der Waals surface area (Å²) < 4.78 is 4.06. The highest BCUT2D eigenvalue weighted by atomic mass is 16.1. The van der Waals surface area contributed by atoms with Crippen molar-refractivity contribution in [2.75, 3.05) is 0 Å². The second-order valence-corrected chi connectivity index (χ2v) is 10.4. The number of pyridine rings is 1. The fraction of sp³-hybridized carbons (Fsp3) is 0.483. The highest BCUT2D eigenvalue weighted by Gasteiger charge is 2.33. The standard InChI is InChI=1S/C29H37N7O/c1-4-6-12-23-19-36(27-20(3)10-9-11-22(27)5-2)29(37)35(23)18-21-15-16-26(30-17-21)24-13-7-8-14-25(24)28-31-33-34-32-28/h7-8,13-17,19-20,22,27H,4-6,9-12,18H2,1-3H3,(H,31,32,33,34). The third-order valence-electron chi connectivity index (χ3n) is 7.99. The molecule has 37 heavy (non-hydrogen) atoms. The molecule has 0 spiro atoms. The number of nitrogens with one attached hydrogen (secondary N) is 1. The van der Waals surface area contributed by atoms with Crippen LogP contribution in [0.3, 0.4) is 0 Å². The van der Waals surface area contributed by atoms with Gasteiger partial charge in [0.05, 0.1) is 12.2 Å². The molecular formula is C29H37N7O. The predicted molar refractivity (Wildman–Crippen MR) is 145 cm³/mol. The highest BCUT2D eigenvalue weighted by Crippen LogP contribution is 2.39. The largest absolute Gasteiger partial charge is 0.328 e.